The third-order valence-corrected chi connectivity index (χ3v) is 1.81. The molecule has 0 saturated heterocycles. The van der Waals surface area contributed by atoms with E-state index in [4.69, 9.17) is 10.8 Å². The van der Waals surface area contributed by atoms with Gasteiger partial charge in [-0.05, 0) is 12.1 Å². The van der Waals surface area contributed by atoms with Crippen LogP contribution in [0.2, 0.25) is 0 Å². The molecule has 6 heteroatoms. The van der Waals surface area contributed by atoms with Crippen molar-refractivity contribution in [2.24, 2.45) is 5.73 Å². The molecule has 0 atom stereocenters. The molecular formula is C9H10ClF2NO2. The predicted molar refractivity (Wildman–Crippen MR) is 53.6 cm³/mol. The molecule has 0 fully saturated rings. The van der Waals surface area contributed by atoms with Crippen LogP contribution in [0, 0.1) is 0 Å². The van der Waals surface area contributed by atoms with Gasteiger partial charge in [0.1, 0.15) is 0 Å². The highest BCUT2D eigenvalue weighted by Crippen LogP contribution is 2.26. The molecule has 15 heavy (non-hydrogen) atoms. The lowest BCUT2D eigenvalue weighted by atomic mass is 10.1. The molecule has 0 spiro atoms. The number of carboxylic acid groups (broad SMARTS) is 1. The fraction of sp³-hybridized carbons (Fsp3) is 0.222. The molecule has 0 aromatic heterocycles. The highest BCUT2D eigenvalue weighted by atomic mass is 35.5. The van der Waals surface area contributed by atoms with E-state index in [-0.39, 0.29) is 23.5 Å². The Bertz CT molecular complexity index is 340. The summed E-state index contributed by atoms with van der Waals surface area (Å²) in [6, 6.07) is 4.38. The third-order valence-electron chi connectivity index (χ3n) is 1.81. The first kappa shape index (κ1) is 13.8. The topological polar surface area (TPSA) is 63.3 Å². The van der Waals surface area contributed by atoms with Gasteiger partial charge in [-0.1, -0.05) is 12.1 Å². The van der Waals surface area contributed by atoms with Crippen molar-refractivity contribution in [1.29, 1.82) is 0 Å². The standard InChI is InChI=1S/C9H9F2NO2.ClH/c10-9(11,5-12)7-3-1-6(2-4-7)8(13)14;/h1-4H,5,12H2,(H,13,14);1H. The number of nitrogens with two attached hydrogens (primary N) is 1. The fourth-order valence-corrected chi connectivity index (χ4v) is 0.974. The Kier molecular flexibility index (Phi) is 4.64. The van der Waals surface area contributed by atoms with E-state index >= 15 is 0 Å². The van der Waals surface area contributed by atoms with E-state index in [0.717, 1.165) is 24.3 Å². The molecule has 0 heterocycles. The maximum Gasteiger partial charge on any atom is 0.335 e. The Morgan fingerprint density at radius 3 is 2.13 bits per heavy atom. The van der Waals surface area contributed by atoms with Crippen molar-refractivity contribution >= 4 is 18.4 Å². The van der Waals surface area contributed by atoms with Crippen LogP contribution in [0.1, 0.15) is 15.9 Å². The van der Waals surface area contributed by atoms with E-state index in [2.05, 4.69) is 0 Å². The van der Waals surface area contributed by atoms with Crippen LogP contribution in [-0.4, -0.2) is 17.6 Å². The summed E-state index contributed by atoms with van der Waals surface area (Å²) in [7, 11) is 0. The largest absolute Gasteiger partial charge is 0.478 e. The summed E-state index contributed by atoms with van der Waals surface area (Å²) in [4.78, 5) is 10.4. The zero-order valence-corrected chi connectivity index (χ0v) is 8.43. The lowest BCUT2D eigenvalue weighted by Crippen LogP contribution is -2.25. The minimum Gasteiger partial charge on any atom is -0.478 e. The number of aromatic carboxylic acids is 1. The average molecular weight is 238 g/mol. The van der Waals surface area contributed by atoms with Gasteiger partial charge >= 0.3 is 5.97 Å². The summed E-state index contributed by atoms with van der Waals surface area (Å²) in [5.41, 5.74) is 4.57. The van der Waals surface area contributed by atoms with Gasteiger partial charge in [-0.15, -0.1) is 12.4 Å². The molecule has 84 valence electrons. The van der Waals surface area contributed by atoms with Gasteiger partial charge in [0.2, 0.25) is 0 Å². The van der Waals surface area contributed by atoms with Crippen molar-refractivity contribution in [3.63, 3.8) is 0 Å². The Morgan fingerprint density at radius 2 is 1.80 bits per heavy atom. The summed E-state index contributed by atoms with van der Waals surface area (Å²) in [6.45, 7) is -0.792. The van der Waals surface area contributed by atoms with Gasteiger partial charge in [-0.2, -0.15) is 8.78 Å². The molecule has 3 nitrogen and oxygen atoms in total. The Labute approximate surface area is 91.3 Å². The number of alkyl halides is 2. The summed E-state index contributed by atoms with van der Waals surface area (Å²) in [6.07, 6.45) is 0. The zero-order valence-electron chi connectivity index (χ0n) is 7.61. The molecule has 0 radical (unpaired) electrons. The molecule has 0 bridgehead atoms. The van der Waals surface area contributed by atoms with Crippen LogP contribution >= 0.6 is 12.4 Å². The van der Waals surface area contributed by atoms with E-state index < -0.39 is 18.4 Å². The van der Waals surface area contributed by atoms with E-state index in [1.165, 1.54) is 0 Å². The van der Waals surface area contributed by atoms with E-state index in [1.54, 1.807) is 0 Å². The Balaban J connectivity index is 0.00000196. The lowest BCUT2D eigenvalue weighted by Gasteiger charge is -2.13. The van der Waals surface area contributed by atoms with Gasteiger partial charge in [0, 0.05) is 5.56 Å². The second-order valence-corrected chi connectivity index (χ2v) is 2.79. The van der Waals surface area contributed by atoms with Crippen molar-refractivity contribution in [2.75, 3.05) is 6.54 Å². The maximum atomic E-state index is 12.9. The van der Waals surface area contributed by atoms with Crippen LogP contribution < -0.4 is 5.73 Å². The normalized spacial score (nSPS) is 10.6. The van der Waals surface area contributed by atoms with Crippen molar-refractivity contribution in [2.45, 2.75) is 5.92 Å². The van der Waals surface area contributed by atoms with Gasteiger partial charge in [0.15, 0.2) is 0 Å². The molecule has 3 N–H and O–H groups in total. The third kappa shape index (κ3) is 3.14. The summed E-state index contributed by atoms with van der Waals surface area (Å²) >= 11 is 0. The highest BCUT2D eigenvalue weighted by Gasteiger charge is 2.29. The summed E-state index contributed by atoms with van der Waals surface area (Å²) in [5, 5.41) is 8.52. The van der Waals surface area contributed by atoms with Crippen LogP contribution in [-0.2, 0) is 5.92 Å². The van der Waals surface area contributed by atoms with E-state index in [1.807, 2.05) is 0 Å². The molecule has 1 aromatic carbocycles. The molecule has 0 amide bonds. The molecular weight excluding hydrogens is 228 g/mol. The first-order valence-corrected chi connectivity index (χ1v) is 3.89. The van der Waals surface area contributed by atoms with Gasteiger partial charge < -0.3 is 10.8 Å². The molecule has 0 aliphatic carbocycles. The van der Waals surface area contributed by atoms with Gasteiger partial charge in [0.25, 0.3) is 5.92 Å². The second-order valence-electron chi connectivity index (χ2n) is 2.79. The first-order chi connectivity index (χ1) is 6.47. The van der Waals surface area contributed by atoms with Crippen molar-refractivity contribution in [1.82, 2.24) is 0 Å². The fourth-order valence-electron chi connectivity index (χ4n) is 0.974. The quantitative estimate of drug-likeness (QED) is 0.843. The molecule has 0 aliphatic rings. The molecule has 0 saturated carbocycles. The number of carbonyl (C=O) groups is 1. The number of rotatable bonds is 3. The van der Waals surface area contributed by atoms with Crippen LogP contribution in [0.4, 0.5) is 8.78 Å². The van der Waals surface area contributed by atoms with Crippen LogP contribution in [0.25, 0.3) is 0 Å². The summed E-state index contributed by atoms with van der Waals surface area (Å²) in [5.74, 6) is -4.25. The number of hydrogen-bond donors (Lipinski definition) is 2. The van der Waals surface area contributed by atoms with Gasteiger partial charge in [-0.25, -0.2) is 4.79 Å². The van der Waals surface area contributed by atoms with Crippen LogP contribution in [0.3, 0.4) is 0 Å². The smallest absolute Gasteiger partial charge is 0.335 e. The zero-order chi connectivity index (χ0) is 10.8. The minimum absolute atomic E-state index is 0. The van der Waals surface area contributed by atoms with Crippen LogP contribution in [0.15, 0.2) is 24.3 Å². The summed E-state index contributed by atoms with van der Waals surface area (Å²) < 4.78 is 25.9. The van der Waals surface area contributed by atoms with Crippen LogP contribution in [0.5, 0.6) is 0 Å². The second kappa shape index (κ2) is 5.04. The number of carboxylic acids is 1. The lowest BCUT2D eigenvalue weighted by molar-refractivity contribution is 0.00589. The van der Waals surface area contributed by atoms with Crippen molar-refractivity contribution in [3.8, 4) is 0 Å². The van der Waals surface area contributed by atoms with Crippen molar-refractivity contribution < 1.29 is 18.7 Å². The first-order valence-electron chi connectivity index (χ1n) is 3.89. The van der Waals surface area contributed by atoms with E-state index in [9.17, 15) is 13.6 Å². The number of benzene rings is 1. The minimum atomic E-state index is -3.10. The van der Waals surface area contributed by atoms with Gasteiger partial charge in [0.05, 0.1) is 12.1 Å². The monoisotopic (exact) mass is 237 g/mol. The van der Waals surface area contributed by atoms with E-state index in [0.29, 0.717) is 0 Å². The molecule has 1 rings (SSSR count). The Hall–Kier alpha value is -1.20. The number of hydrogen-bond acceptors (Lipinski definition) is 2. The van der Waals surface area contributed by atoms with Crippen molar-refractivity contribution in [3.05, 3.63) is 35.4 Å². The van der Waals surface area contributed by atoms with Gasteiger partial charge in [-0.3, -0.25) is 0 Å². The molecule has 0 unspecified atom stereocenters. The number of halogens is 3. The predicted octanol–water partition coefficient (Wildman–Crippen LogP) is 1.86. The average Bonchev–Trinajstić information content (AvgIpc) is 2.18. The highest BCUT2D eigenvalue weighted by molar-refractivity contribution is 5.87. The Morgan fingerprint density at radius 1 is 1.33 bits per heavy atom. The molecule has 1 aromatic rings. The SMILES string of the molecule is Cl.NCC(F)(F)c1ccc(C(=O)O)cc1. The maximum absolute atomic E-state index is 12.9. The molecule has 0 aliphatic heterocycles.